The molecule has 1 saturated heterocycles. The third-order valence-corrected chi connectivity index (χ3v) is 2.73. The first-order valence-corrected chi connectivity index (χ1v) is 5.61. The molecule has 0 aliphatic carbocycles. The molecule has 0 atom stereocenters. The van der Waals surface area contributed by atoms with E-state index in [9.17, 15) is 9.90 Å². The lowest BCUT2D eigenvalue weighted by Gasteiger charge is -2.32. The lowest BCUT2D eigenvalue weighted by atomic mass is 9.89. The summed E-state index contributed by atoms with van der Waals surface area (Å²) in [6, 6.07) is 0. The van der Waals surface area contributed by atoms with E-state index >= 15 is 0 Å². The Balaban J connectivity index is 2.13. The van der Waals surface area contributed by atoms with Crippen LogP contribution in [0.3, 0.4) is 0 Å². The molecule has 0 saturated carbocycles. The van der Waals surface area contributed by atoms with Gasteiger partial charge in [-0.3, -0.25) is 0 Å². The topological polar surface area (TPSA) is 70.6 Å². The van der Waals surface area contributed by atoms with Crippen molar-refractivity contribution in [3.05, 3.63) is 12.7 Å². The van der Waals surface area contributed by atoms with Gasteiger partial charge in [-0.05, 0) is 32.4 Å². The van der Waals surface area contributed by atoms with Gasteiger partial charge >= 0.3 is 6.09 Å². The van der Waals surface area contributed by atoms with Crippen LogP contribution in [0.25, 0.3) is 0 Å². The maximum absolute atomic E-state index is 11.1. The number of carbonyl (C=O) groups is 1. The zero-order valence-corrected chi connectivity index (χ0v) is 9.50. The van der Waals surface area contributed by atoms with Crippen LogP contribution >= 0.6 is 0 Å². The van der Waals surface area contributed by atoms with Gasteiger partial charge in [0.1, 0.15) is 6.61 Å². The molecular weight excluding hydrogens is 208 g/mol. The molecule has 0 aromatic carbocycles. The molecule has 1 heterocycles. The van der Waals surface area contributed by atoms with Gasteiger partial charge in [-0.25, -0.2) is 4.79 Å². The molecule has 0 spiro atoms. The van der Waals surface area contributed by atoms with E-state index in [2.05, 4.69) is 17.2 Å². The number of piperidine rings is 1. The Morgan fingerprint density at radius 2 is 2.25 bits per heavy atom. The highest BCUT2D eigenvalue weighted by atomic mass is 16.5. The number of alkyl carbamates (subject to hydrolysis) is 1. The highest BCUT2D eigenvalue weighted by Gasteiger charge is 2.28. The van der Waals surface area contributed by atoms with Crippen LogP contribution in [0.15, 0.2) is 12.7 Å². The molecule has 0 aromatic rings. The fourth-order valence-electron chi connectivity index (χ4n) is 1.73. The average Bonchev–Trinajstić information content (AvgIpc) is 2.27. The van der Waals surface area contributed by atoms with E-state index in [4.69, 9.17) is 4.74 Å². The number of hydrogen-bond donors (Lipinski definition) is 3. The second kappa shape index (κ2) is 6.50. The van der Waals surface area contributed by atoms with Gasteiger partial charge in [-0.2, -0.15) is 0 Å². The maximum Gasteiger partial charge on any atom is 0.407 e. The molecule has 5 heteroatoms. The molecule has 1 rings (SSSR count). The molecule has 1 amide bonds. The third kappa shape index (κ3) is 4.63. The average molecular weight is 228 g/mol. The van der Waals surface area contributed by atoms with Crippen molar-refractivity contribution in [3.63, 3.8) is 0 Å². The van der Waals surface area contributed by atoms with E-state index in [1.807, 2.05) is 0 Å². The predicted molar refractivity (Wildman–Crippen MR) is 61.2 cm³/mol. The zero-order valence-electron chi connectivity index (χ0n) is 9.50. The largest absolute Gasteiger partial charge is 0.445 e. The summed E-state index contributed by atoms with van der Waals surface area (Å²) in [5.41, 5.74) is -0.642. The van der Waals surface area contributed by atoms with Crippen molar-refractivity contribution in [3.8, 4) is 0 Å². The van der Waals surface area contributed by atoms with Gasteiger partial charge in [0.05, 0.1) is 5.60 Å². The van der Waals surface area contributed by atoms with Crippen molar-refractivity contribution in [2.75, 3.05) is 26.2 Å². The summed E-state index contributed by atoms with van der Waals surface area (Å²) in [5.74, 6) is 0. The minimum Gasteiger partial charge on any atom is -0.445 e. The van der Waals surface area contributed by atoms with Gasteiger partial charge < -0.3 is 20.5 Å². The first-order valence-electron chi connectivity index (χ1n) is 5.61. The van der Waals surface area contributed by atoms with Crippen LogP contribution in [0, 0.1) is 0 Å². The van der Waals surface area contributed by atoms with Crippen molar-refractivity contribution < 1.29 is 14.6 Å². The standard InChI is InChI=1S/C11H20N2O3/c1-2-9-16-10(14)13-8-5-11(15)3-6-12-7-4-11/h2,12,15H,1,3-9H2,(H,13,14). The molecule has 0 aromatic heterocycles. The summed E-state index contributed by atoms with van der Waals surface area (Å²) >= 11 is 0. The van der Waals surface area contributed by atoms with E-state index < -0.39 is 11.7 Å². The van der Waals surface area contributed by atoms with Crippen molar-refractivity contribution in [2.45, 2.75) is 24.9 Å². The highest BCUT2D eigenvalue weighted by Crippen LogP contribution is 2.21. The molecule has 1 fully saturated rings. The monoisotopic (exact) mass is 228 g/mol. The quantitative estimate of drug-likeness (QED) is 0.596. The molecule has 3 N–H and O–H groups in total. The molecule has 0 unspecified atom stereocenters. The fourth-order valence-corrected chi connectivity index (χ4v) is 1.73. The van der Waals surface area contributed by atoms with Gasteiger partial charge in [-0.15, -0.1) is 0 Å². The molecule has 0 bridgehead atoms. The number of ether oxygens (including phenoxy) is 1. The molecule has 92 valence electrons. The van der Waals surface area contributed by atoms with Crippen LogP contribution < -0.4 is 10.6 Å². The SMILES string of the molecule is C=CCOC(=O)NCCC1(O)CCNCC1. The zero-order chi connectivity index (χ0) is 11.9. The number of aliphatic hydroxyl groups is 1. The van der Waals surface area contributed by atoms with Crippen LogP contribution in [-0.2, 0) is 4.74 Å². The van der Waals surface area contributed by atoms with E-state index in [1.165, 1.54) is 6.08 Å². The predicted octanol–water partition coefficient (Wildman–Crippen LogP) is 0.403. The van der Waals surface area contributed by atoms with Crippen LogP contribution in [0.2, 0.25) is 0 Å². The molecule has 5 nitrogen and oxygen atoms in total. The van der Waals surface area contributed by atoms with E-state index in [-0.39, 0.29) is 6.61 Å². The van der Waals surface area contributed by atoms with Gasteiger partial charge in [0.25, 0.3) is 0 Å². The number of amides is 1. The van der Waals surface area contributed by atoms with Gasteiger partial charge in [0, 0.05) is 6.54 Å². The smallest absolute Gasteiger partial charge is 0.407 e. The van der Waals surface area contributed by atoms with Crippen LogP contribution in [0.4, 0.5) is 4.79 Å². The van der Waals surface area contributed by atoms with Crippen LogP contribution in [0.1, 0.15) is 19.3 Å². The summed E-state index contributed by atoms with van der Waals surface area (Å²) < 4.78 is 4.75. The Hall–Kier alpha value is -1.07. The number of carbonyl (C=O) groups excluding carboxylic acids is 1. The Bertz CT molecular complexity index is 237. The molecule has 0 radical (unpaired) electrons. The Labute approximate surface area is 95.9 Å². The normalized spacial score (nSPS) is 18.8. The minimum atomic E-state index is -0.642. The fraction of sp³-hybridized carbons (Fsp3) is 0.727. The lowest BCUT2D eigenvalue weighted by molar-refractivity contribution is 0.00310. The van der Waals surface area contributed by atoms with Crippen molar-refractivity contribution >= 4 is 6.09 Å². The van der Waals surface area contributed by atoms with Gasteiger partial charge in [0.15, 0.2) is 0 Å². The molecule has 1 aliphatic heterocycles. The molecular formula is C11H20N2O3. The van der Waals surface area contributed by atoms with Crippen molar-refractivity contribution in [1.29, 1.82) is 0 Å². The van der Waals surface area contributed by atoms with Crippen LogP contribution in [-0.4, -0.2) is 43.0 Å². The van der Waals surface area contributed by atoms with Crippen molar-refractivity contribution in [2.24, 2.45) is 0 Å². The van der Waals surface area contributed by atoms with Gasteiger partial charge in [-0.1, -0.05) is 12.7 Å². The third-order valence-electron chi connectivity index (χ3n) is 2.73. The maximum atomic E-state index is 11.1. The van der Waals surface area contributed by atoms with Gasteiger partial charge in [0.2, 0.25) is 0 Å². The second-order valence-corrected chi connectivity index (χ2v) is 4.04. The van der Waals surface area contributed by atoms with E-state index in [0.29, 0.717) is 13.0 Å². The lowest BCUT2D eigenvalue weighted by Crippen LogP contribution is -2.44. The number of nitrogens with one attached hydrogen (secondary N) is 2. The Morgan fingerprint density at radius 1 is 1.56 bits per heavy atom. The number of rotatable bonds is 5. The summed E-state index contributed by atoms with van der Waals surface area (Å²) in [6.45, 7) is 5.75. The Kier molecular flexibility index (Phi) is 5.28. The molecule has 16 heavy (non-hydrogen) atoms. The van der Waals surface area contributed by atoms with E-state index in [1.54, 1.807) is 0 Å². The second-order valence-electron chi connectivity index (χ2n) is 4.04. The first-order chi connectivity index (χ1) is 7.66. The Morgan fingerprint density at radius 3 is 2.88 bits per heavy atom. The minimum absolute atomic E-state index is 0.208. The molecule has 1 aliphatic rings. The first kappa shape index (κ1) is 13.0. The summed E-state index contributed by atoms with van der Waals surface area (Å²) in [7, 11) is 0. The highest BCUT2D eigenvalue weighted by molar-refractivity contribution is 5.67. The summed E-state index contributed by atoms with van der Waals surface area (Å²) in [4.78, 5) is 11.1. The van der Waals surface area contributed by atoms with Crippen molar-refractivity contribution in [1.82, 2.24) is 10.6 Å². The van der Waals surface area contributed by atoms with Crippen LogP contribution in [0.5, 0.6) is 0 Å². The van der Waals surface area contributed by atoms with E-state index in [0.717, 1.165) is 25.9 Å². The summed E-state index contributed by atoms with van der Waals surface area (Å²) in [6.07, 6.45) is 3.09. The summed E-state index contributed by atoms with van der Waals surface area (Å²) in [5, 5.41) is 15.9. The number of hydrogen-bond acceptors (Lipinski definition) is 4.